The number of rotatable bonds is 5. The molecule has 3 amide bonds. The predicted octanol–water partition coefficient (Wildman–Crippen LogP) is 2.95. The third-order valence-corrected chi connectivity index (χ3v) is 7.52. The van der Waals surface area contributed by atoms with E-state index in [4.69, 9.17) is 19.9 Å². The van der Waals surface area contributed by atoms with Crippen molar-refractivity contribution in [2.75, 3.05) is 50.3 Å². The van der Waals surface area contributed by atoms with Crippen LogP contribution in [0.15, 0.2) is 36.4 Å². The third kappa shape index (κ3) is 6.19. The maximum Gasteiger partial charge on any atom is 0.409 e. The summed E-state index contributed by atoms with van der Waals surface area (Å²) in [6.07, 6.45) is 3.85. The van der Waals surface area contributed by atoms with Crippen molar-refractivity contribution in [3.8, 4) is 11.5 Å². The van der Waals surface area contributed by atoms with Crippen LogP contribution in [0.4, 0.5) is 16.2 Å². The van der Waals surface area contributed by atoms with Gasteiger partial charge >= 0.3 is 6.09 Å². The number of benzene rings is 2. The lowest BCUT2D eigenvalue weighted by molar-refractivity contribution is 0.0924. The highest BCUT2D eigenvalue weighted by molar-refractivity contribution is 6.07. The second-order valence-corrected chi connectivity index (χ2v) is 10.1. The molecule has 2 aromatic rings. The van der Waals surface area contributed by atoms with Crippen molar-refractivity contribution < 1.29 is 28.6 Å². The van der Waals surface area contributed by atoms with Crippen LogP contribution in [-0.2, 0) is 4.74 Å². The fraction of sp³-hybridized carbons (Fsp3) is 0.464. The minimum absolute atomic E-state index is 0.0820. The van der Waals surface area contributed by atoms with Gasteiger partial charge in [0.25, 0.3) is 11.8 Å². The number of nitrogens with zero attached hydrogens (tertiary/aromatic N) is 2. The molecule has 11 nitrogen and oxygen atoms in total. The first kappa shape index (κ1) is 26.6. The summed E-state index contributed by atoms with van der Waals surface area (Å²) in [5, 5.41) is 6.13. The van der Waals surface area contributed by atoms with E-state index in [1.807, 2.05) is 6.07 Å². The number of nitrogens with one attached hydrogen (secondary N) is 2. The average molecular weight is 538 g/mol. The van der Waals surface area contributed by atoms with Crippen LogP contribution in [0.2, 0.25) is 0 Å². The van der Waals surface area contributed by atoms with Crippen molar-refractivity contribution in [3.63, 3.8) is 0 Å². The van der Waals surface area contributed by atoms with Gasteiger partial charge in [0.1, 0.15) is 0 Å². The lowest BCUT2D eigenvalue weighted by Crippen LogP contribution is -2.40. The molecule has 2 heterocycles. The number of methoxy groups -OCH3 is 1. The van der Waals surface area contributed by atoms with Crippen molar-refractivity contribution >= 4 is 29.3 Å². The highest BCUT2D eigenvalue weighted by Gasteiger charge is 2.25. The molecule has 1 saturated carbocycles. The molecule has 4 N–H and O–H groups in total. The third-order valence-electron chi connectivity index (χ3n) is 7.52. The van der Waals surface area contributed by atoms with Crippen molar-refractivity contribution in [2.24, 2.45) is 5.73 Å². The highest BCUT2D eigenvalue weighted by Crippen LogP contribution is 2.34. The van der Waals surface area contributed by atoms with Crippen LogP contribution in [0.25, 0.3) is 0 Å². The quantitative estimate of drug-likeness (QED) is 0.530. The van der Waals surface area contributed by atoms with Crippen molar-refractivity contribution in [3.05, 3.63) is 47.5 Å². The summed E-state index contributed by atoms with van der Waals surface area (Å²) in [6, 6.07) is 10.6. The fourth-order valence-electron chi connectivity index (χ4n) is 5.29. The molecule has 3 aliphatic rings. The number of carbonyl (C=O) groups excluding carboxylic acids is 3. The first-order valence-corrected chi connectivity index (χ1v) is 13.4. The number of amides is 3. The summed E-state index contributed by atoms with van der Waals surface area (Å²) in [5.41, 5.74) is 8.17. The average Bonchev–Trinajstić information content (AvgIpc) is 3.29. The van der Waals surface area contributed by atoms with Gasteiger partial charge in [-0.2, -0.15) is 0 Å². The zero-order valence-electron chi connectivity index (χ0n) is 22.1. The van der Waals surface area contributed by atoms with Crippen LogP contribution >= 0.6 is 0 Å². The molecular weight excluding hydrogens is 502 g/mol. The minimum atomic E-state index is -0.358. The van der Waals surface area contributed by atoms with E-state index in [1.54, 1.807) is 35.2 Å². The van der Waals surface area contributed by atoms with Gasteiger partial charge in [-0.1, -0.05) is 0 Å². The summed E-state index contributed by atoms with van der Waals surface area (Å²) in [4.78, 5) is 42.3. The second kappa shape index (κ2) is 11.8. The van der Waals surface area contributed by atoms with Crippen LogP contribution in [0.3, 0.4) is 0 Å². The summed E-state index contributed by atoms with van der Waals surface area (Å²) < 4.78 is 15.7. The van der Waals surface area contributed by atoms with Gasteiger partial charge in [-0.25, -0.2) is 4.79 Å². The molecule has 5 rings (SSSR count). The molecule has 0 radical (unpaired) electrons. The van der Waals surface area contributed by atoms with Crippen LogP contribution < -0.4 is 30.7 Å². The molecule has 1 saturated heterocycles. The Morgan fingerprint density at radius 1 is 0.897 bits per heavy atom. The molecular formula is C28H35N5O6. The Kier molecular flexibility index (Phi) is 8.06. The molecule has 0 bridgehead atoms. The smallest absolute Gasteiger partial charge is 0.409 e. The lowest BCUT2D eigenvalue weighted by Gasteiger charge is -2.28. The molecule has 208 valence electrons. The number of anilines is 2. The van der Waals surface area contributed by atoms with Gasteiger partial charge in [0.2, 0.25) is 6.79 Å². The summed E-state index contributed by atoms with van der Waals surface area (Å²) in [6.45, 7) is 2.40. The fourth-order valence-corrected chi connectivity index (χ4v) is 5.29. The van der Waals surface area contributed by atoms with Gasteiger partial charge < -0.3 is 40.4 Å². The largest absolute Gasteiger partial charge is 0.454 e. The summed E-state index contributed by atoms with van der Waals surface area (Å²) in [5.74, 6) is 0.584. The van der Waals surface area contributed by atoms with Gasteiger partial charge in [0.15, 0.2) is 11.5 Å². The number of ether oxygens (including phenoxy) is 3. The monoisotopic (exact) mass is 537 g/mol. The number of carbonyl (C=O) groups is 3. The zero-order valence-corrected chi connectivity index (χ0v) is 22.1. The molecule has 0 unspecified atom stereocenters. The Hall–Kier alpha value is -3.99. The van der Waals surface area contributed by atoms with Gasteiger partial charge in [0.05, 0.1) is 18.5 Å². The van der Waals surface area contributed by atoms with Crippen LogP contribution in [-0.4, -0.2) is 75.0 Å². The molecule has 2 fully saturated rings. The molecule has 0 spiro atoms. The maximum absolute atomic E-state index is 13.3. The first-order chi connectivity index (χ1) is 18.9. The van der Waals surface area contributed by atoms with Crippen molar-refractivity contribution in [1.82, 2.24) is 10.2 Å². The van der Waals surface area contributed by atoms with E-state index in [0.29, 0.717) is 54.5 Å². The van der Waals surface area contributed by atoms with Crippen LogP contribution in [0.5, 0.6) is 11.5 Å². The van der Waals surface area contributed by atoms with E-state index in [0.717, 1.165) is 37.8 Å². The molecule has 2 aliphatic heterocycles. The van der Waals surface area contributed by atoms with Crippen LogP contribution in [0, 0.1) is 0 Å². The molecule has 0 atom stereocenters. The molecule has 39 heavy (non-hydrogen) atoms. The zero-order chi connectivity index (χ0) is 27.4. The van der Waals surface area contributed by atoms with Gasteiger partial charge in [-0.05, 0) is 68.5 Å². The van der Waals surface area contributed by atoms with Crippen molar-refractivity contribution in [2.45, 2.75) is 44.2 Å². The van der Waals surface area contributed by atoms with E-state index in [9.17, 15) is 14.4 Å². The van der Waals surface area contributed by atoms with Gasteiger partial charge in [0, 0.05) is 49.4 Å². The highest BCUT2D eigenvalue weighted by atomic mass is 16.7. The Morgan fingerprint density at radius 2 is 1.64 bits per heavy atom. The Labute approximate surface area is 227 Å². The summed E-state index contributed by atoms with van der Waals surface area (Å²) in [7, 11) is 1.38. The Balaban J connectivity index is 1.38. The van der Waals surface area contributed by atoms with Gasteiger partial charge in [-0.3, -0.25) is 9.59 Å². The molecule has 0 aromatic heterocycles. The second-order valence-electron chi connectivity index (χ2n) is 10.1. The maximum atomic E-state index is 13.3. The minimum Gasteiger partial charge on any atom is -0.454 e. The number of hydrogen-bond acceptors (Lipinski definition) is 8. The Morgan fingerprint density at radius 3 is 2.44 bits per heavy atom. The van der Waals surface area contributed by atoms with Crippen LogP contribution in [0.1, 0.15) is 52.8 Å². The van der Waals surface area contributed by atoms with Gasteiger partial charge in [-0.15, -0.1) is 0 Å². The Bertz CT molecular complexity index is 1230. The summed E-state index contributed by atoms with van der Waals surface area (Å²) >= 11 is 0. The predicted molar refractivity (Wildman–Crippen MR) is 145 cm³/mol. The first-order valence-electron chi connectivity index (χ1n) is 13.4. The topological polar surface area (TPSA) is 135 Å². The van der Waals surface area contributed by atoms with E-state index in [1.165, 1.54) is 7.11 Å². The number of hydrogen-bond donors (Lipinski definition) is 3. The number of fused-ring (bicyclic) bond motifs is 1. The van der Waals surface area contributed by atoms with E-state index in [2.05, 4.69) is 15.5 Å². The normalized spacial score (nSPS) is 20.7. The van der Waals surface area contributed by atoms with Crippen molar-refractivity contribution in [1.29, 1.82) is 0 Å². The molecule has 2 aromatic carbocycles. The van der Waals surface area contributed by atoms with E-state index >= 15 is 0 Å². The lowest BCUT2D eigenvalue weighted by atomic mass is 9.91. The SMILES string of the molecule is COC(=O)N1CCCN(c2ccc(C(=O)NC3CCC(N)CC3)cc2NC(=O)c2ccc3c(c2)OCO3)CC1. The number of nitrogens with two attached hydrogens (primary N) is 1. The van der Waals surface area contributed by atoms with E-state index in [-0.39, 0.29) is 36.8 Å². The molecule has 1 aliphatic carbocycles. The standard InChI is InChI=1S/C28H35N5O6/c1-37-28(36)33-12-2-11-32(13-14-33)23-9-3-18(26(34)30-21-7-5-20(29)6-8-21)15-22(23)31-27(35)19-4-10-24-25(16-19)39-17-38-24/h3-4,9-10,15-16,20-21H,2,5-8,11-14,17,29H2,1H3,(H,30,34)(H,31,35). The molecule has 11 heteroatoms. The van der Waals surface area contributed by atoms with E-state index < -0.39 is 0 Å².